The number of rotatable bonds is 10. The number of carbonyl (C=O) groups is 1. The van der Waals surface area contributed by atoms with Crippen LogP contribution in [0.15, 0.2) is 18.2 Å². The molecule has 0 fully saturated rings. The second-order valence-corrected chi connectivity index (χ2v) is 5.90. The molecule has 0 heterocycles. The van der Waals surface area contributed by atoms with Gasteiger partial charge in [-0.3, -0.25) is 14.9 Å². The molecule has 23 heavy (non-hydrogen) atoms. The van der Waals surface area contributed by atoms with Crippen LogP contribution in [-0.4, -0.2) is 55.9 Å². The summed E-state index contributed by atoms with van der Waals surface area (Å²) >= 11 is 1.43. The predicted octanol–water partition coefficient (Wildman–Crippen LogP) is 2.33. The standard InChI is InChI=1S/C15H22N2O5S/c1-16(7-4-8-21-2)15(18)11-23-10-12-5-6-14(22-3)13(9-12)17(19)20/h5-6,9H,4,7-8,10-11H2,1-3H3. The minimum absolute atomic E-state index is 0.0362. The summed E-state index contributed by atoms with van der Waals surface area (Å²) in [5, 5.41) is 11.0. The van der Waals surface area contributed by atoms with Gasteiger partial charge >= 0.3 is 5.69 Å². The number of methoxy groups -OCH3 is 2. The Kier molecular flexibility index (Phi) is 8.42. The number of ether oxygens (including phenoxy) is 2. The van der Waals surface area contributed by atoms with E-state index in [-0.39, 0.29) is 17.3 Å². The molecule has 0 N–H and O–H groups in total. The van der Waals surface area contributed by atoms with E-state index < -0.39 is 4.92 Å². The number of nitrogens with zero attached hydrogens (tertiary/aromatic N) is 2. The molecule has 0 aliphatic heterocycles. The Balaban J connectivity index is 2.48. The van der Waals surface area contributed by atoms with Crippen LogP contribution in [-0.2, 0) is 15.3 Å². The molecule has 0 atom stereocenters. The van der Waals surface area contributed by atoms with Crippen molar-refractivity contribution in [1.82, 2.24) is 4.90 Å². The lowest BCUT2D eigenvalue weighted by atomic mass is 10.2. The van der Waals surface area contributed by atoms with Crippen LogP contribution < -0.4 is 4.74 Å². The Morgan fingerprint density at radius 1 is 1.39 bits per heavy atom. The van der Waals surface area contributed by atoms with Crippen molar-refractivity contribution in [3.8, 4) is 5.75 Å². The molecule has 128 valence electrons. The zero-order chi connectivity index (χ0) is 17.2. The van der Waals surface area contributed by atoms with E-state index in [2.05, 4.69) is 0 Å². The average Bonchev–Trinajstić information content (AvgIpc) is 2.54. The summed E-state index contributed by atoms with van der Waals surface area (Å²) in [4.78, 5) is 24.1. The highest BCUT2D eigenvalue weighted by Crippen LogP contribution is 2.28. The summed E-state index contributed by atoms with van der Waals surface area (Å²) in [7, 11) is 4.79. The maximum absolute atomic E-state index is 11.9. The van der Waals surface area contributed by atoms with Crippen LogP contribution in [0.4, 0.5) is 5.69 Å². The van der Waals surface area contributed by atoms with E-state index in [4.69, 9.17) is 9.47 Å². The lowest BCUT2D eigenvalue weighted by Crippen LogP contribution is -2.29. The van der Waals surface area contributed by atoms with Crippen molar-refractivity contribution in [3.63, 3.8) is 0 Å². The molecule has 0 radical (unpaired) electrons. The highest BCUT2D eigenvalue weighted by atomic mass is 32.2. The van der Waals surface area contributed by atoms with Gasteiger partial charge in [-0.2, -0.15) is 0 Å². The van der Waals surface area contributed by atoms with Crippen LogP contribution in [0.3, 0.4) is 0 Å². The molecule has 1 aromatic rings. The first-order valence-corrected chi connectivity index (χ1v) is 8.27. The Morgan fingerprint density at radius 2 is 2.13 bits per heavy atom. The summed E-state index contributed by atoms with van der Waals surface area (Å²) < 4.78 is 9.91. The van der Waals surface area contributed by atoms with E-state index in [9.17, 15) is 14.9 Å². The van der Waals surface area contributed by atoms with Crippen LogP contribution >= 0.6 is 11.8 Å². The van der Waals surface area contributed by atoms with Crippen LogP contribution in [0, 0.1) is 10.1 Å². The third kappa shape index (κ3) is 6.45. The van der Waals surface area contributed by atoms with Gasteiger partial charge in [0.25, 0.3) is 0 Å². The minimum Gasteiger partial charge on any atom is -0.490 e. The Morgan fingerprint density at radius 3 is 2.74 bits per heavy atom. The van der Waals surface area contributed by atoms with Crippen LogP contribution in [0.2, 0.25) is 0 Å². The van der Waals surface area contributed by atoms with E-state index >= 15 is 0 Å². The summed E-state index contributed by atoms with van der Waals surface area (Å²) in [5.74, 6) is 1.14. The maximum Gasteiger partial charge on any atom is 0.311 e. The second-order valence-electron chi connectivity index (χ2n) is 4.92. The molecule has 1 amide bonds. The van der Waals surface area contributed by atoms with Gasteiger partial charge in [-0.15, -0.1) is 11.8 Å². The first-order valence-electron chi connectivity index (χ1n) is 7.11. The normalized spacial score (nSPS) is 10.4. The molecule has 0 aliphatic rings. The van der Waals surface area contributed by atoms with Gasteiger partial charge in [0.1, 0.15) is 0 Å². The zero-order valence-corrected chi connectivity index (χ0v) is 14.4. The molecule has 0 saturated heterocycles. The molecule has 0 aromatic heterocycles. The van der Waals surface area contributed by atoms with Crippen molar-refractivity contribution in [1.29, 1.82) is 0 Å². The van der Waals surface area contributed by atoms with Gasteiger partial charge in [-0.05, 0) is 18.1 Å². The summed E-state index contributed by atoms with van der Waals surface area (Å²) in [6, 6.07) is 4.83. The quantitative estimate of drug-likeness (QED) is 0.369. The fourth-order valence-electron chi connectivity index (χ4n) is 1.91. The SMILES string of the molecule is COCCCN(C)C(=O)CSCc1ccc(OC)c([N+](=O)[O-])c1. The van der Waals surface area contributed by atoms with Gasteiger partial charge in [0.2, 0.25) is 5.91 Å². The molecule has 0 saturated carbocycles. The first-order chi connectivity index (χ1) is 11.0. The fourth-order valence-corrected chi connectivity index (χ4v) is 2.82. The molecule has 0 unspecified atom stereocenters. The largest absolute Gasteiger partial charge is 0.490 e. The van der Waals surface area contributed by atoms with Gasteiger partial charge in [0, 0.05) is 39.1 Å². The second kappa shape index (κ2) is 10.1. The zero-order valence-electron chi connectivity index (χ0n) is 13.6. The fraction of sp³-hybridized carbons (Fsp3) is 0.533. The van der Waals surface area contributed by atoms with E-state index in [0.29, 0.717) is 24.7 Å². The molecular weight excluding hydrogens is 320 g/mol. The number of thioether (sulfide) groups is 1. The third-order valence-corrected chi connectivity index (χ3v) is 4.19. The minimum atomic E-state index is -0.471. The van der Waals surface area contributed by atoms with Gasteiger partial charge < -0.3 is 14.4 Å². The van der Waals surface area contributed by atoms with Crippen molar-refractivity contribution in [2.45, 2.75) is 12.2 Å². The molecule has 0 spiro atoms. The highest BCUT2D eigenvalue weighted by Gasteiger charge is 2.15. The number of nitro benzene ring substituents is 1. The monoisotopic (exact) mass is 342 g/mol. The predicted molar refractivity (Wildman–Crippen MR) is 89.9 cm³/mol. The van der Waals surface area contributed by atoms with Gasteiger partial charge in [0.05, 0.1) is 17.8 Å². The molecule has 0 aliphatic carbocycles. The lowest BCUT2D eigenvalue weighted by Gasteiger charge is -2.16. The van der Waals surface area contributed by atoms with E-state index in [0.717, 1.165) is 12.0 Å². The van der Waals surface area contributed by atoms with Crippen molar-refractivity contribution in [3.05, 3.63) is 33.9 Å². The number of hydrogen-bond acceptors (Lipinski definition) is 6. The van der Waals surface area contributed by atoms with Crippen molar-refractivity contribution in [2.24, 2.45) is 0 Å². The molecule has 1 rings (SSSR count). The number of benzene rings is 1. The van der Waals surface area contributed by atoms with E-state index in [1.54, 1.807) is 31.2 Å². The maximum atomic E-state index is 11.9. The van der Waals surface area contributed by atoms with Gasteiger partial charge in [0.15, 0.2) is 5.75 Å². The summed E-state index contributed by atoms with van der Waals surface area (Å²) in [5.41, 5.74) is 0.728. The van der Waals surface area contributed by atoms with Crippen molar-refractivity contribution in [2.75, 3.05) is 40.2 Å². The van der Waals surface area contributed by atoms with E-state index in [1.165, 1.54) is 24.9 Å². The first kappa shape index (κ1) is 19.2. The third-order valence-electron chi connectivity index (χ3n) is 3.20. The number of amides is 1. The molecule has 0 bridgehead atoms. The Bertz CT molecular complexity index is 539. The Labute approximate surface area is 140 Å². The highest BCUT2D eigenvalue weighted by molar-refractivity contribution is 7.99. The topological polar surface area (TPSA) is 81.9 Å². The molecular formula is C15H22N2O5S. The van der Waals surface area contributed by atoms with Crippen LogP contribution in [0.25, 0.3) is 0 Å². The molecule has 1 aromatic carbocycles. The van der Waals surface area contributed by atoms with Gasteiger partial charge in [-0.1, -0.05) is 6.07 Å². The van der Waals surface area contributed by atoms with E-state index in [1.807, 2.05) is 0 Å². The number of nitro groups is 1. The summed E-state index contributed by atoms with van der Waals surface area (Å²) in [6.07, 6.45) is 0.800. The van der Waals surface area contributed by atoms with Crippen LogP contribution in [0.1, 0.15) is 12.0 Å². The van der Waals surface area contributed by atoms with Crippen molar-refractivity contribution >= 4 is 23.4 Å². The smallest absolute Gasteiger partial charge is 0.311 e. The summed E-state index contributed by atoms with van der Waals surface area (Å²) in [6.45, 7) is 1.28. The number of carbonyl (C=O) groups excluding carboxylic acids is 1. The average molecular weight is 342 g/mol. The van der Waals surface area contributed by atoms with Crippen molar-refractivity contribution < 1.29 is 19.2 Å². The Hall–Kier alpha value is -1.80. The number of hydrogen-bond donors (Lipinski definition) is 0. The lowest BCUT2D eigenvalue weighted by molar-refractivity contribution is -0.385. The molecule has 8 heteroatoms. The van der Waals surface area contributed by atoms with Gasteiger partial charge in [-0.25, -0.2) is 0 Å². The van der Waals surface area contributed by atoms with Crippen LogP contribution in [0.5, 0.6) is 5.75 Å². The molecule has 7 nitrogen and oxygen atoms in total.